The zero-order valence-electron chi connectivity index (χ0n) is 8.23. The third-order valence-corrected chi connectivity index (χ3v) is 4.43. The molecule has 0 bridgehead atoms. The number of aryl methyl sites for hydroxylation is 1. The van der Waals surface area contributed by atoms with E-state index in [2.05, 4.69) is 0 Å². The average Bonchev–Trinajstić information content (AvgIpc) is 2.88. The second kappa shape index (κ2) is 3.39. The Labute approximate surface area is 84.9 Å². The number of sulfone groups is 1. The summed E-state index contributed by atoms with van der Waals surface area (Å²) in [6.07, 6.45) is 2.15. The molecule has 0 aromatic heterocycles. The second-order valence-corrected chi connectivity index (χ2v) is 6.07. The molecule has 76 valence electrons. The first-order chi connectivity index (χ1) is 6.58. The van der Waals surface area contributed by atoms with E-state index in [4.69, 9.17) is 0 Å². The topological polar surface area (TPSA) is 34.1 Å². The van der Waals surface area contributed by atoms with Gasteiger partial charge in [-0.2, -0.15) is 0 Å². The molecule has 1 aromatic carbocycles. The van der Waals surface area contributed by atoms with Crippen LogP contribution in [-0.4, -0.2) is 14.2 Å². The minimum Gasteiger partial charge on any atom is -0.224 e. The molecule has 1 aliphatic carbocycles. The molecule has 0 aliphatic heterocycles. The highest BCUT2D eigenvalue weighted by molar-refractivity contribution is 7.91. The van der Waals surface area contributed by atoms with Crippen LogP contribution in [0.2, 0.25) is 0 Å². The molecule has 0 spiro atoms. The molecule has 0 radical (unpaired) electrons. The first-order valence-electron chi connectivity index (χ1n) is 4.87. The Kier molecular flexibility index (Phi) is 2.35. The number of rotatable bonds is 3. The van der Waals surface area contributed by atoms with Crippen LogP contribution in [-0.2, 0) is 9.84 Å². The van der Waals surface area contributed by atoms with Gasteiger partial charge in [-0.3, -0.25) is 0 Å². The first kappa shape index (κ1) is 9.71. The maximum atomic E-state index is 11.8. The van der Waals surface area contributed by atoms with Crippen LogP contribution < -0.4 is 0 Å². The zero-order chi connectivity index (χ0) is 10.2. The van der Waals surface area contributed by atoms with Crippen LogP contribution in [0.5, 0.6) is 0 Å². The number of benzene rings is 1. The Morgan fingerprint density at radius 3 is 2.29 bits per heavy atom. The van der Waals surface area contributed by atoms with Gasteiger partial charge in [-0.15, -0.1) is 0 Å². The molecular weight excluding hydrogens is 196 g/mol. The van der Waals surface area contributed by atoms with Crippen LogP contribution in [0.25, 0.3) is 0 Å². The summed E-state index contributed by atoms with van der Waals surface area (Å²) in [6.45, 7) is 1.96. The third kappa shape index (κ3) is 2.15. The summed E-state index contributed by atoms with van der Waals surface area (Å²) in [5.41, 5.74) is 1.09. The van der Waals surface area contributed by atoms with Crippen LogP contribution >= 0.6 is 0 Å². The highest BCUT2D eigenvalue weighted by Crippen LogP contribution is 2.32. The second-order valence-electron chi connectivity index (χ2n) is 4.04. The van der Waals surface area contributed by atoms with Crippen molar-refractivity contribution in [2.45, 2.75) is 24.7 Å². The molecule has 2 rings (SSSR count). The van der Waals surface area contributed by atoms with Crippen LogP contribution in [0.1, 0.15) is 18.4 Å². The molecule has 14 heavy (non-hydrogen) atoms. The summed E-state index contributed by atoms with van der Waals surface area (Å²) >= 11 is 0. The van der Waals surface area contributed by atoms with Crippen molar-refractivity contribution in [2.75, 3.05) is 5.75 Å². The zero-order valence-corrected chi connectivity index (χ0v) is 9.05. The van der Waals surface area contributed by atoms with Crippen LogP contribution in [0.4, 0.5) is 0 Å². The maximum Gasteiger partial charge on any atom is 0.178 e. The molecule has 1 aliphatic rings. The molecule has 0 heterocycles. The Bertz CT molecular complexity index is 413. The van der Waals surface area contributed by atoms with Crippen molar-refractivity contribution in [2.24, 2.45) is 5.92 Å². The lowest BCUT2D eigenvalue weighted by atomic mass is 10.2. The first-order valence-corrected chi connectivity index (χ1v) is 6.52. The summed E-state index contributed by atoms with van der Waals surface area (Å²) in [5.74, 6) is 0.747. The highest BCUT2D eigenvalue weighted by atomic mass is 32.2. The average molecular weight is 210 g/mol. The monoisotopic (exact) mass is 210 g/mol. The van der Waals surface area contributed by atoms with Crippen molar-refractivity contribution in [3.63, 3.8) is 0 Å². The minimum absolute atomic E-state index is 0.329. The summed E-state index contributed by atoms with van der Waals surface area (Å²) < 4.78 is 23.6. The Morgan fingerprint density at radius 2 is 1.79 bits per heavy atom. The van der Waals surface area contributed by atoms with Crippen LogP contribution in [0.3, 0.4) is 0 Å². The van der Waals surface area contributed by atoms with Crippen LogP contribution in [0, 0.1) is 12.8 Å². The summed E-state index contributed by atoms with van der Waals surface area (Å²) in [4.78, 5) is 0.468. The lowest BCUT2D eigenvalue weighted by Crippen LogP contribution is -2.08. The predicted octanol–water partition coefficient (Wildman–Crippen LogP) is 2.18. The Balaban J connectivity index is 2.24. The van der Waals surface area contributed by atoms with Gasteiger partial charge in [-0.25, -0.2) is 8.42 Å². The molecule has 3 heteroatoms. The molecule has 1 saturated carbocycles. The maximum absolute atomic E-state index is 11.8. The van der Waals surface area contributed by atoms with Crippen molar-refractivity contribution in [1.82, 2.24) is 0 Å². The fourth-order valence-corrected chi connectivity index (χ4v) is 3.13. The van der Waals surface area contributed by atoms with E-state index in [9.17, 15) is 8.42 Å². The van der Waals surface area contributed by atoms with E-state index in [1.807, 2.05) is 19.1 Å². The van der Waals surface area contributed by atoms with E-state index in [-0.39, 0.29) is 0 Å². The van der Waals surface area contributed by atoms with Gasteiger partial charge in [-0.05, 0) is 37.8 Å². The SMILES string of the molecule is Cc1ccc(S(=O)(=O)CC2CC2)cc1. The smallest absolute Gasteiger partial charge is 0.178 e. The van der Waals surface area contributed by atoms with E-state index in [1.54, 1.807) is 12.1 Å². The van der Waals surface area contributed by atoms with Gasteiger partial charge >= 0.3 is 0 Å². The van der Waals surface area contributed by atoms with Gasteiger partial charge in [0.25, 0.3) is 0 Å². The van der Waals surface area contributed by atoms with Gasteiger partial charge in [0.2, 0.25) is 0 Å². The molecule has 0 atom stereocenters. The van der Waals surface area contributed by atoms with E-state index >= 15 is 0 Å². The van der Waals surface area contributed by atoms with E-state index in [1.165, 1.54) is 0 Å². The third-order valence-electron chi connectivity index (χ3n) is 2.53. The van der Waals surface area contributed by atoms with Crippen molar-refractivity contribution >= 4 is 9.84 Å². The Hall–Kier alpha value is -0.830. The van der Waals surface area contributed by atoms with E-state index < -0.39 is 9.84 Å². The van der Waals surface area contributed by atoms with Gasteiger partial charge in [0, 0.05) is 0 Å². The summed E-state index contributed by atoms with van der Waals surface area (Å²) in [6, 6.07) is 7.10. The van der Waals surface area contributed by atoms with Gasteiger partial charge in [-0.1, -0.05) is 17.7 Å². The van der Waals surface area contributed by atoms with Crippen molar-refractivity contribution < 1.29 is 8.42 Å². The Morgan fingerprint density at radius 1 is 1.21 bits per heavy atom. The fraction of sp³-hybridized carbons (Fsp3) is 0.455. The molecular formula is C11H14O2S. The van der Waals surface area contributed by atoms with Crippen LogP contribution in [0.15, 0.2) is 29.2 Å². The van der Waals surface area contributed by atoms with Gasteiger partial charge in [0.05, 0.1) is 10.6 Å². The standard InChI is InChI=1S/C11H14O2S/c1-9-2-6-11(7-3-9)14(12,13)8-10-4-5-10/h2-3,6-7,10H,4-5,8H2,1H3. The van der Waals surface area contributed by atoms with Gasteiger partial charge in [0.1, 0.15) is 0 Å². The van der Waals surface area contributed by atoms with E-state index in [0.29, 0.717) is 16.6 Å². The van der Waals surface area contributed by atoms with Crippen molar-refractivity contribution in [3.8, 4) is 0 Å². The lowest BCUT2D eigenvalue weighted by Gasteiger charge is -2.03. The number of hydrogen-bond donors (Lipinski definition) is 0. The molecule has 2 nitrogen and oxygen atoms in total. The fourth-order valence-electron chi connectivity index (χ4n) is 1.44. The van der Waals surface area contributed by atoms with E-state index in [0.717, 1.165) is 18.4 Å². The lowest BCUT2D eigenvalue weighted by molar-refractivity contribution is 0.592. The molecule has 0 amide bonds. The molecule has 0 saturated heterocycles. The molecule has 1 fully saturated rings. The quantitative estimate of drug-likeness (QED) is 0.766. The predicted molar refractivity (Wildman–Crippen MR) is 56.0 cm³/mol. The molecule has 0 unspecified atom stereocenters. The largest absolute Gasteiger partial charge is 0.224 e. The van der Waals surface area contributed by atoms with Gasteiger partial charge in [0.15, 0.2) is 9.84 Å². The summed E-state index contributed by atoms with van der Waals surface area (Å²) in [5, 5.41) is 0. The summed E-state index contributed by atoms with van der Waals surface area (Å²) in [7, 11) is -3.01. The minimum atomic E-state index is -3.01. The van der Waals surface area contributed by atoms with Gasteiger partial charge < -0.3 is 0 Å². The number of hydrogen-bond acceptors (Lipinski definition) is 2. The van der Waals surface area contributed by atoms with Crippen molar-refractivity contribution in [1.29, 1.82) is 0 Å². The molecule has 0 N–H and O–H groups in total. The van der Waals surface area contributed by atoms with Crippen molar-refractivity contribution in [3.05, 3.63) is 29.8 Å². The normalized spacial score (nSPS) is 16.9. The molecule has 1 aromatic rings. The highest BCUT2D eigenvalue weighted by Gasteiger charge is 2.28.